The molecule has 12 heteroatoms. The molecule has 4 rings (SSSR count). The Morgan fingerprint density at radius 1 is 1.21 bits per heavy atom. The topological polar surface area (TPSA) is 128 Å². The summed E-state index contributed by atoms with van der Waals surface area (Å²) in [6.07, 6.45) is 4.72. The molecule has 0 saturated heterocycles. The first-order chi connectivity index (χ1) is 15.7. The van der Waals surface area contributed by atoms with Crippen LogP contribution < -0.4 is 19.8 Å². The average molecular weight is 473 g/mol. The van der Waals surface area contributed by atoms with E-state index in [1.165, 1.54) is 37.6 Å². The number of aryl methyl sites for hydroxylation is 2. The smallest absolute Gasteiger partial charge is 0.340 e. The van der Waals surface area contributed by atoms with E-state index in [4.69, 9.17) is 9.15 Å². The Morgan fingerprint density at radius 3 is 2.70 bits per heavy atom. The molecule has 4 aromatic rings. The van der Waals surface area contributed by atoms with Gasteiger partial charge in [-0.15, -0.1) is 0 Å². The van der Waals surface area contributed by atoms with Gasteiger partial charge in [-0.1, -0.05) is 0 Å². The van der Waals surface area contributed by atoms with Crippen LogP contribution in [0.15, 0.2) is 52.1 Å². The molecule has 2 N–H and O–H groups in total. The molecule has 0 radical (unpaired) electrons. The molecule has 3 aromatic heterocycles. The molecule has 0 unspecified atom stereocenters. The maximum absolute atomic E-state index is 14.8. The number of fused-ring (bicyclic) bond motifs is 1. The van der Waals surface area contributed by atoms with Gasteiger partial charge >= 0.3 is 11.6 Å². The van der Waals surface area contributed by atoms with Gasteiger partial charge in [0, 0.05) is 56.1 Å². The van der Waals surface area contributed by atoms with Crippen molar-refractivity contribution in [2.75, 3.05) is 11.8 Å². The molecule has 0 aliphatic carbocycles. The number of hydrogen-bond donors (Lipinski definition) is 2. The fraction of sp³-hybridized carbons (Fsp3) is 0.190. The number of ether oxygens (including phenoxy) is 1. The number of rotatable bonds is 7. The third kappa shape index (κ3) is 4.71. The second-order valence-corrected chi connectivity index (χ2v) is 8.85. The van der Waals surface area contributed by atoms with Gasteiger partial charge in [0.2, 0.25) is 0 Å². The molecule has 0 aliphatic rings. The lowest BCUT2D eigenvalue weighted by Crippen LogP contribution is -2.26. The lowest BCUT2D eigenvalue weighted by atomic mass is 10.00. The summed E-state index contributed by atoms with van der Waals surface area (Å²) < 4.78 is 55.1. The molecular formula is C21H20FN5O5S. The predicted octanol–water partition coefficient (Wildman–Crippen LogP) is 2.63. The molecule has 10 nitrogen and oxygen atoms in total. The Morgan fingerprint density at radius 2 is 2.00 bits per heavy atom. The summed E-state index contributed by atoms with van der Waals surface area (Å²) >= 11 is 0. The number of benzene rings is 1. The minimum absolute atomic E-state index is 0.0896. The zero-order valence-electron chi connectivity index (χ0n) is 17.9. The van der Waals surface area contributed by atoms with Crippen LogP contribution in [-0.4, -0.2) is 30.0 Å². The van der Waals surface area contributed by atoms with Crippen molar-refractivity contribution in [1.82, 2.24) is 19.3 Å². The highest BCUT2D eigenvalue weighted by Gasteiger charge is 2.17. The normalized spacial score (nSPS) is 11.6. The van der Waals surface area contributed by atoms with E-state index in [1.807, 2.05) is 0 Å². The highest BCUT2D eigenvalue weighted by molar-refractivity contribution is 7.90. The van der Waals surface area contributed by atoms with Crippen molar-refractivity contribution in [2.45, 2.75) is 13.3 Å². The van der Waals surface area contributed by atoms with Crippen LogP contribution in [0.5, 0.6) is 11.8 Å². The van der Waals surface area contributed by atoms with Gasteiger partial charge in [-0.3, -0.25) is 4.72 Å². The monoisotopic (exact) mass is 473 g/mol. The van der Waals surface area contributed by atoms with Gasteiger partial charge in [0.1, 0.15) is 11.4 Å². The molecular weight excluding hydrogens is 453 g/mol. The molecule has 0 amide bonds. The molecule has 172 valence electrons. The Hall–Kier alpha value is -3.77. The lowest BCUT2D eigenvalue weighted by Gasteiger charge is -2.11. The first-order valence-corrected chi connectivity index (χ1v) is 11.2. The Kier molecular flexibility index (Phi) is 5.87. The van der Waals surface area contributed by atoms with Gasteiger partial charge in [0.25, 0.3) is 10.2 Å². The Labute approximate surface area is 188 Å². The van der Waals surface area contributed by atoms with Gasteiger partial charge in [-0.2, -0.15) is 8.42 Å². The van der Waals surface area contributed by atoms with Crippen molar-refractivity contribution in [3.8, 4) is 11.8 Å². The van der Waals surface area contributed by atoms with Crippen molar-refractivity contribution in [1.29, 1.82) is 0 Å². The van der Waals surface area contributed by atoms with E-state index < -0.39 is 21.7 Å². The van der Waals surface area contributed by atoms with Crippen LogP contribution in [0.4, 0.5) is 10.2 Å². The summed E-state index contributed by atoms with van der Waals surface area (Å²) in [6, 6.07) is 5.89. The fourth-order valence-electron chi connectivity index (χ4n) is 3.25. The molecule has 1 aromatic carbocycles. The zero-order chi connectivity index (χ0) is 23.8. The van der Waals surface area contributed by atoms with Crippen molar-refractivity contribution in [3.05, 3.63) is 75.8 Å². The van der Waals surface area contributed by atoms with Crippen LogP contribution in [0, 0.1) is 12.7 Å². The number of pyridine rings is 1. The summed E-state index contributed by atoms with van der Waals surface area (Å²) in [5.74, 6) is -0.671. The average Bonchev–Trinajstić information content (AvgIpc) is 3.17. The summed E-state index contributed by atoms with van der Waals surface area (Å²) in [5, 5.41) is 0.416. The number of aromatic nitrogens is 3. The van der Waals surface area contributed by atoms with Crippen molar-refractivity contribution in [2.24, 2.45) is 7.05 Å². The van der Waals surface area contributed by atoms with Gasteiger partial charge in [0.05, 0.1) is 0 Å². The second-order valence-electron chi connectivity index (χ2n) is 7.23. The van der Waals surface area contributed by atoms with Crippen LogP contribution in [-0.2, 0) is 23.7 Å². The molecule has 0 atom stereocenters. The molecule has 0 saturated carbocycles. The van der Waals surface area contributed by atoms with Crippen LogP contribution in [0.2, 0.25) is 0 Å². The maximum Gasteiger partial charge on any atom is 0.340 e. The van der Waals surface area contributed by atoms with Crippen molar-refractivity contribution < 1.29 is 22.0 Å². The Bertz CT molecular complexity index is 1510. The zero-order valence-corrected chi connectivity index (χ0v) is 18.7. The number of nitrogens with zero attached hydrogens (tertiary/aromatic N) is 3. The summed E-state index contributed by atoms with van der Waals surface area (Å²) in [6.45, 7) is 1.69. The minimum atomic E-state index is -3.74. The number of nitrogens with one attached hydrogen (secondary N) is 2. The van der Waals surface area contributed by atoms with Crippen molar-refractivity contribution in [3.63, 3.8) is 0 Å². The van der Waals surface area contributed by atoms with Crippen LogP contribution >= 0.6 is 0 Å². The van der Waals surface area contributed by atoms with E-state index in [9.17, 15) is 17.6 Å². The van der Waals surface area contributed by atoms with E-state index in [0.29, 0.717) is 22.1 Å². The highest BCUT2D eigenvalue weighted by atomic mass is 32.2. The summed E-state index contributed by atoms with van der Waals surface area (Å²) in [5.41, 5.74) is 1.04. The largest absolute Gasteiger partial charge is 0.422 e. The molecule has 33 heavy (non-hydrogen) atoms. The molecule has 0 spiro atoms. The number of anilines is 1. The number of imidazole rings is 1. The van der Waals surface area contributed by atoms with E-state index in [0.717, 1.165) is 0 Å². The van der Waals surface area contributed by atoms with E-state index >= 15 is 0 Å². The van der Waals surface area contributed by atoms with E-state index in [-0.39, 0.29) is 29.6 Å². The van der Waals surface area contributed by atoms with Crippen LogP contribution in [0.3, 0.4) is 0 Å². The van der Waals surface area contributed by atoms with E-state index in [2.05, 4.69) is 19.4 Å². The summed E-state index contributed by atoms with van der Waals surface area (Å²) in [4.78, 5) is 20.7. The van der Waals surface area contributed by atoms with Gasteiger partial charge in [0.15, 0.2) is 11.6 Å². The molecule has 0 fully saturated rings. The van der Waals surface area contributed by atoms with Gasteiger partial charge in [-0.05, 0) is 36.2 Å². The Balaban J connectivity index is 1.69. The second kappa shape index (κ2) is 8.64. The predicted molar refractivity (Wildman–Crippen MR) is 119 cm³/mol. The SMILES string of the molecule is CNS(=O)(=O)Nc1cc(Cc2c(C)c3cc(F)c(Oc4nccn4C)cc3oc2=O)ccn1. The third-order valence-corrected chi connectivity index (χ3v) is 6.05. The van der Waals surface area contributed by atoms with Gasteiger partial charge < -0.3 is 13.7 Å². The third-order valence-electron chi connectivity index (χ3n) is 5.03. The van der Waals surface area contributed by atoms with Crippen LogP contribution in [0.1, 0.15) is 16.7 Å². The van der Waals surface area contributed by atoms with Gasteiger partial charge in [-0.25, -0.2) is 23.9 Å². The fourth-order valence-corrected chi connectivity index (χ4v) is 3.74. The highest BCUT2D eigenvalue weighted by Crippen LogP contribution is 2.30. The number of halogens is 1. The first-order valence-electron chi connectivity index (χ1n) is 9.74. The maximum atomic E-state index is 14.8. The summed E-state index contributed by atoms with van der Waals surface area (Å²) in [7, 11) is -0.774. The minimum Gasteiger partial charge on any atom is -0.422 e. The molecule has 0 bridgehead atoms. The first kappa shape index (κ1) is 22.4. The van der Waals surface area contributed by atoms with Crippen molar-refractivity contribution >= 4 is 27.0 Å². The van der Waals surface area contributed by atoms with E-state index in [1.54, 1.807) is 30.8 Å². The molecule has 3 heterocycles. The lowest BCUT2D eigenvalue weighted by molar-refractivity contribution is 0.397. The van der Waals surface area contributed by atoms with Crippen LogP contribution in [0.25, 0.3) is 11.0 Å². The molecule has 0 aliphatic heterocycles. The number of hydrogen-bond acceptors (Lipinski definition) is 7. The standard InChI is InChI=1S/C21H20FN5O5S/c1-12-14-10-16(22)18(32-21-25-6-7-27(21)3)11-17(14)31-20(28)15(12)8-13-4-5-24-19(9-13)26-33(29,30)23-2/h4-7,9-11,23H,8H2,1-3H3,(H,24,26). The quantitative estimate of drug-likeness (QED) is 0.395.